The van der Waals surface area contributed by atoms with Gasteiger partial charge in [-0.1, -0.05) is 0 Å². The van der Waals surface area contributed by atoms with Crippen LogP contribution in [0.15, 0.2) is 29.0 Å². The van der Waals surface area contributed by atoms with E-state index in [1.165, 1.54) is 11.0 Å². The van der Waals surface area contributed by atoms with Crippen LogP contribution in [0.5, 0.6) is 5.75 Å². The van der Waals surface area contributed by atoms with Crippen molar-refractivity contribution >= 4 is 28.9 Å². The van der Waals surface area contributed by atoms with Gasteiger partial charge >= 0.3 is 0 Å². The van der Waals surface area contributed by atoms with Gasteiger partial charge in [0.2, 0.25) is 5.78 Å². The number of ketones is 2. The van der Waals surface area contributed by atoms with Crippen molar-refractivity contribution in [2.45, 2.75) is 24.5 Å². The molecule has 3 unspecified atom stereocenters. The van der Waals surface area contributed by atoms with Crippen molar-refractivity contribution in [3.63, 3.8) is 0 Å². The minimum atomic E-state index is -2.63. The third-order valence-corrected chi connectivity index (χ3v) is 7.06. The van der Waals surface area contributed by atoms with Crippen LogP contribution in [0.25, 0.3) is 5.76 Å². The molecule has 0 heterocycles. The van der Waals surface area contributed by atoms with Gasteiger partial charge in [-0.2, -0.15) is 0 Å². The standard InChI is InChI=1S/C23H27N3O7/c1-25(2)12-5-6-13(27)15-10(12)7-9-8-11-17(26(3)4)19(29)16(22(24)32)21(31)23(11,33)20(30)14(9)18(15)28/h5-6,9,11,17,27-28,31,33H,7-8H2,1-4H3,(H2,24,32)/t9?,11?,17-,23?/m1/s1. The number of nitrogens with two attached hydrogens (primary N) is 1. The molecule has 3 aliphatic carbocycles. The molecule has 0 bridgehead atoms. The number of aliphatic hydroxyl groups is 3. The fraction of sp³-hybridized carbons (Fsp3) is 0.435. The molecular formula is C23H27N3O7. The molecule has 0 aliphatic heterocycles. The topological polar surface area (TPSA) is 165 Å². The van der Waals surface area contributed by atoms with E-state index in [-0.39, 0.29) is 29.7 Å². The van der Waals surface area contributed by atoms with E-state index in [0.717, 1.165) is 5.69 Å². The molecule has 10 nitrogen and oxygen atoms in total. The number of fused-ring (bicyclic) bond motifs is 3. The maximum Gasteiger partial charge on any atom is 0.255 e. The van der Waals surface area contributed by atoms with Crippen LogP contribution in [0.3, 0.4) is 0 Å². The molecule has 0 radical (unpaired) electrons. The minimum absolute atomic E-state index is 0.0638. The monoisotopic (exact) mass is 457 g/mol. The van der Waals surface area contributed by atoms with Gasteiger partial charge in [-0.05, 0) is 50.6 Å². The molecular weight excluding hydrogens is 430 g/mol. The van der Waals surface area contributed by atoms with Gasteiger partial charge in [0.15, 0.2) is 11.4 Å². The van der Waals surface area contributed by atoms with E-state index in [2.05, 4.69) is 0 Å². The first-order valence-electron chi connectivity index (χ1n) is 10.5. The van der Waals surface area contributed by atoms with Gasteiger partial charge in [-0.3, -0.25) is 19.3 Å². The molecule has 33 heavy (non-hydrogen) atoms. The largest absolute Gasteiger partial charge is 0.508 e. The van der Waals surface area contributed by atoms with Crippen molar-refractivity contribution in [2.75, 3.05) is 33.1 Å². The number of hydrogen-bond acceptors (Lipinski definition) is 9. The smallest absolute Gasteiger partial charge is 0.255 e. The van der Waals surface area contributed by atoms with E-state index >= 15 is 0 Å². The summed E-state index contributed by atoms with van der Waals surface area (Å²) >= 11 is 0. The summed E-state index contributed by atoms with van der Waals surface area (Å²) in [5.41, 5.74) is 3.15. The van der Waals surface area contributed by atoms with Crippen LogP contribution in [0.2, 0.25) is 0 Å². The average Bonchev–Trinajstić information content (AvgIpc) is 2.70. The Morgan fingerprint density at radius 2 is 1.76 bits per heavy atom. The summed E-state index contributed by atoms with van der Waals surface area (Å²) in [5.74, 6) is -6.54. The molecule has 3 aliphatic rings. The molecule has 10 heteroatoms. The lowest BCUT2D eigenvalue weighted by molar-refractivity contribution is -0.153. The number of aromatic hydroxyl groups is 1. The molecule has 4 rings (SSSR count). The minimum Gasteiger partial charge on any atom is -0.508 e. The maximum absolute atomic E-state index is 13.7. The average molecular weight is 457 g/mol. The molecule has 0 saturated heterocycles. The number of hydrogen-bond donors (Lipinski definition) is 5. The summed E-state index contributed by atoms with van der Waals surface area (Å²) in [5, 5.41) is 43.9. The van der Waals surface area contributed by atoms with E-state index in [9.17, 15) is 34.8 Å². The van der Waals surface area contributed by atoms with Crippen LogP contribution in [-0.2, 0) is 20.8 Å². The number of carbonyl (C=O) groups is 3. The Balaban J connectivity index is 1.99. The molecule has 1 amide bonds. The Hall–Kier alpha value is -3.37. The summed E-state index contributed by atoms with van der Waals surface area (Å²) in [4.78, 5) is 42.0. The Labute approximate surface area is 190 Å². The number of anilines is 1. The molecule has 4 atom stereocenters. The first kappa shape index (κ1) is 22.8. The highest BCUT2D eigenvalue weighted by atomic mass is 16.3. The highest BCUT2D eigenvalue weighted by Gasteiger charge is 2.64. The molecule has 0 aromatic heterocycles. The number of benzene rings is 1. The summed E-state index contributed by atoms with van der Waals surface area (Å²) in [6, 6.07) is 2.01. The second-order valence-corrected chi connectivity index (χ2v) is 9.31. The first-order valence-corrected chi connectivity index (χ1v) is 10.5. The summed E-state index contributed by atoms with van der Waals surface area (Å²) < 4.78 is 0. The Morgan fingerprint density at radius 3 is 2.30 bits per heavy atom. The molecule has 0 spiro atoms. The lowest BCUT2D eigenvalue weighted by Crippen LogP contribution is -2.65. The highest BCUT2D eigenvalue weighted by molar-refractivity contribution is 6.24. The van der Waals surface area contributed by atoms with Crippen LogP contribution in [0.4, 0.5) is 5.69 Å². The second kappa shape index (κ2) is 7.32. The van der Waals surface area contributed by atoms with E-state index in [1.54, 1.807) is 20.2 Å². The predicted molar refractivity (Wildman–Crippen MR) is 119 cm³/mol. The zero-order valence-corrected chi connectivity index (χ0v) is 18.8. The summed E-state index contributed by atoms with van der Waals surface area (Å²) in [6.07, 6.45) is 0.324. The molecule has 176 valence electrons. The van der Waals surface area contributed by atoms with Crippen molar-refractivity contribution in [1.82, 2.24) is 4.90 Å². The fourth-order valence-corrected chi connectivity index (χ4v) is 5.65. The van der Waals surface area contributed by atoms with E-state index in [4.69, 9.17) is 5.73 Å². The second-order valence-electron chi connectivity index (χ2n) is 9.31. The van der Waals surface area contributed by atoms with Crippen LogP contribution >= 0.6 is 0 Å². The number of likely N-dealkylation sites (N-methyl/N-ethyl adjacent to an activating group) is 1. The molecule has 1 fully saturated rings. The lowest BCUT2D eigenvalue weighted by atomic mass is 9.57. The van der Waals surface area contributed by atoms with Crippen molar-refractivity contribution < 1.29 is 34.8 Å². The number of amides is 1. The molecule has 1 aromatic carbocycles. The highest BCUT2D eigenvalue weighted by Crippen LogP contribution is 2.53. The van der Waals surface area contributed by atoms with E-state index in [0.29, 0.717) is 5.56 Å². The fourth-order valence-electron chi connectivity index (χ4n) is 5.65. The van der Waals surface area contributed by atoms with Gasteiger partial charge in [0.05, 0.1) is 11.6 Å². The van der Waals surface area contributed by atoms with Crippen LogP contribution < -0.4 is 10.6 Å². The SMILES string of the molecule is CN(C)c1ccc(O)c2c1CC1CC3[C@@H](N(C)C)C(=O)C(C(N)=O)=C(O)C3(O)C(=O)C1=C2O. The number of aliphatic hydroxyl groups excluding tert-OH is 2. The van der Waals surface area contributed by atoms with Crippen LogP contribution in [0.1, 0.15) is 17.5 Å². The first-order chi connectivity index (χ1) is 15.3. The number of nitrogens with zero attached hydrogens (tertiary/aromatic N) is 2. The van der Waals surface area contributed by atoms with Crippen LogP contribution in [0, 0.1) is 11.8 Å². The lowest BCUT2D eigenvalue weighted by Gasteiger charge is -2.50. The quantitative estimate of drug-likeness (QED) is 0.394. The van der Waals surface area contributed by atoms with Crippen molar-refractivity contribution in [3.8, 4) is 5.75 Å². The third kappa shape index (κ3) is 2.90. The zero-order chi connectivity index (χ0) is 24.6. The van der Waals surface area contributed by atoms with Gasteiger partial charge in [-0.15, -0.1) is 0 Å². The maximum atomic E-state index is 13.7. The number of carbonyl (C=O) groups excluding carboxylic acids is 3. The molecule has 1 saturated carbocycles. The van der Waals surface area contributed by atoms with Crippen molar-refractivity contribution in [3.05, 3.63) is 40.2 Å². The van der Waals surface area contributed by atoms with E-state index in [1.807, 2.05) is 19.0 Å². The predicted octanol–water partition coefficient (Wildman–Crippen LogP) is 0.0300. The van der Waals surface area contributed by atoms with E-state index < -0.39 is 58.0 Å². The number of Topliss-reactive ketones (excluding diaryl/α,β-unsaturated/α-hetero) is 2. The van der Waals surface area contributed by atoms with Gasteiger partial charge in [0, 0.05) is 31.3 Å². The van der Waals surface area contributed by atoms with Gasteiger partial charge in [-0.25, -0.2) is 0 Å². The molecule has 6 N–H and O–H groups in total. The normalized spacial score (nSPS) is 29.1. The van der Waals surface area contributed by atoms with Gasteiger partial charge in [0.25, 0.3) is 5.91 Å². The Bertz CT molecular complexity index is 1170. The zero-order valence-electron chi connectivity index (χ0n) is 18.8. The summed E-state index contributed by atoms with van der Waals surface area (Å²) in [6.45, 7) is 0. The Kier molecular flexibility index (Phi) is 5.06. The van der Waals surface area contributed by atoms with Gasteiger partial charge < -0.3 is 31.1 Å². The number of phenols is 1. The molecule has 1 aromatic rings. The third-order valence-electron chi connectivity index (χ3n) is 7.06. The van der Waals surface area contributed by atoms with Gasteiger partial charge in [0.1, 0.15) is 22.8 Å². The number of phenolic OH excluding ortho intramolecular Hbond substituents is 1. The van der Waals surface area contributed by atoms with Crippen molar-refractivity contribution in [2.24, 2.45) is 17.6 Å². The van der Waals surface area contributed by atoms with Crippen molar-refractivity contribution in [1.29, 1.82) is 0 Å². The van der Waals surface area contributed by atoms with Crippen LogP contribution in [-0.4, -0.2) is 82.6 Å². The number of rotatable bonds is 3. The summed E-state index contributed by atoms with van der Waals surface area (Å²) in [7, 11) is 6.75. The number of primary amides is 1. The Morgan fingerprint density at radius 1 is 1.12 bits per heavy atom.